The van der Waals surface area contributed by atoms with Crippen molar-refractivity contribution in [3.05, 3.63) is 47.9 Å². The molecule has 4 fully saturated rings. The van der Waals surface area contributed by atoms with Crippen LogP contribution in [0.2, 0.25) is 0 Å². The van der Waals surface area contributed by atoms with E-state index in [0.29, 0.717) is 17.2 Å². The maximum Gasteiger partial charge on any atom is 0.291 e. The number of furan rings is 1. The van der Waals surface area contributed by atoms with Crippen LogP contribution in [0.3, 0.4) is 0 Å². The molecule has 2 aromatic rings. The maximum absolute atomic E-state index is 12.8. The molecule has 0 spiro atoms. The third-order valence-corrected chi connectivity index (χ3v) is 7.64. The van der Waals surface area contributed by atoms with Gasteiger partial charge in [-0.25, -0.2) is 0 Å². The van der Waals surface area contributed by atoms with Crippen LogP contribution in [0, 0.1) is 30.1 Å². The van der Waals surface area contributed by atoms with E-state index >= 15 is 0 Å². The molecular weight excluding hydrogens is 422 g/mol. The Morgan fingerprint density at radius 1 is 1.06 bits per heavy atom. The summed E-state index contributed by atoms with van der Waals surface area (Å²) in [6.07, 6.45) is 9.78. The van der Waals surface area contributed by atoms with Gasteiger partial charge in [-0.2, -0.15) is 0 Å². The minimum atomic E-state index is -0.300. The van der Waals surface area contributed by atoms with Gasteiger partial charge in [-0.3, -0.25) is 9.59 Å². The summed E-state index contributed by atoms with van der Waals surface area (Å²) >= 11 is 5.40. The molecule has 2 amide bonds. The van der Waals surface area contributed by atoms with Crippen molar-refractivity contribution in [1.29, 1.82) is 0 Å². The van der Waals surface area contributed by atoms with Gasteiger partial charge >= 0.3 is 0 Å². The first-order valence-electron chi connectivity index (χ1n) is 11.4. The highest BCUT2D eigenvalue weighted by Crippen LogP contribution is 2.61. The Morgan fingerprint density at radius 3 is 2.34 bits per heavy atom. The lowest BCUT2D eigenvalue weighted by molar-refractivity contribution is -0.127. The lowest BCUT2D eigenvalue weighted by atomic mass is 9.49. The molecule has 4 bridgehead atoms. The Hall–Kier alpha value is -2.67. The Balaban J connectivity index is 1.15. The molecule has 1 aromatic heterocycles. The summed E-state index contributed by atoms with van der Waals surface area (Å²) in [7, 11) is 0. The van der Waals surface area contributed by atoms with Crippen molar-refractivity contribution in [3.8, 4) is 0 Å². The molecule has 1 aromatic carbocycles. The highest BCUT2D eigenvalue weighted by molar-refractivity contribution is 7.80. The van der Waals surface area contributed by atoms with Crippen molar-refractivity contribution >= 4 is 40.5 Å². The fraction of sp³-hybridized carbons (Fsp3) is 0.480. The normalized spacial score (nSPS) is 27.7. The van der Waals surface area contributed by atoms with Crippen molar-refractivity contribution in [2.45, 2.75) is 51.9 Å². The zero-order valence-electron chi connectivity index (χ0n) is 18.3. The first-order valence-corrected chi connectivity index (χ1v) is 11.8. The molecule has 168 valence electrons. The molecule has 6 nitrogen and oxygen atoms in total. The Morgan fingerprint density at radius 2 is 1.75 bits per heavy atom. The molecule has 0 saturated heterocycles. The lowest BCUT2D eigenvalue weighted by Gasteiger charge is -2.56. The number of nitrogens with one attached hydrogen (secondary N) is 3. The predicted octanol–water partition coefficient (Wildman–Crippen LogP) is 5.26. The lowest BCUT2D eigenvalue weighted by Crippen LogP contribution is -2.48. The van der Waals surface area contributed by atoms with Gasteiger partial charge in [-0.05, 0) is 117 Å². The van der Waals surface area contributed by atoms with Crippen molar-refractivity contribution in [2.75, 3.05) is 10.6 Å². The van der Waals surface area contributed by atoms with E-state index in [0.717, 1.165) is 29.0 Å². The van der Waals surface area contributed by atoms with Gasteiger partial charge in [-0.1, -0.05) is 0 Å². The van der Waals surface area contributed by atoms with Gasteiger partial charge in [0.05, 0.1) is 6.26 Å². The second kappa shape index (κ2) is 8.35. The second-order valence-corrected chi connectivity index (χ2v) is 10.5. The van der Waals surface area contributed by atoms with Crippen LogP contribution in [0.1, 0.15) is 61.1 Å². The monoisotopic (exact) mass is 451 g/mol. The minimum absolute atomic E-state index is 0.0171. The highest BCUT2D eigenvalue weighted by atomic mass is 32.1. The Labute approximate surface area is 193 Å². The molecule has 4 saturated carbocycles. The Bertz CT molecular complexity index is 1010. The van der Waals surface area contributed by atoms with E-state index in [4.69, 9.17) is 16.6 Å². The summed E-state index contributed by atoms with van der Waals surface area (Å²) in [6.45, 7) is 1.90. The third kappa shape index (κ3) is 4.44. The first kappa shape index (κ1) is 21.2. The summed E-state index contributed by atoms with van der Waals surface area (Å²) in [6, 6.07) is 8.80. The number of hydrogen-bond donors (Lipinski definition) is 3. The summed E-state index contributed by atoms with van der Waals surface area (Å²) in [5.74, 6) is 2.46. The Kier molecular flexibility index (Phi) is 5.53. The third-order valence-electron chi connectivity index (χ3n) is 7.43. The number of amides is 2. The fourth-order valence-electron chi connectivity index (χ4n) is 6.65. The number of hydrogen-bond acceptors (Lipinski definition) is 4. The van der Waals surface area contributed by atoms with E-state index in [1.807, 2.05) is 19.1 Å². The van der Waals surface area contributed by atoms with Gasteiger partial charge in [0.15, 0.2) is 10.9 Å². The van der Waals surface area contributed by atoms with E-state index in [1.54, 1.807) is 18.2 Å². The van der Waals surface area contributed by atoms with E-state index in [1.165, 1.54) is 44.8 Å². The standard InChI is InChI=1S/C25H29N3O3S/c1-15-7-19(4-5-20(15)27-23(30)21-3-2-6-31-21)26-24(32)28-22(29)14-25-11-16-8-17(12-25)10-18(9-16)13-25/h2-7,16-18H,8-14H2,1H3,(H,27,30)(H2,26,28,29,32). The zero-order chi connectivity index (χ0) is 22.3. The van der Waals surface area contributed by atoms with Crippen LogP contribution in [0.25, 0.3) is 0 Å². The average molecular weight is 452 g/mol. The summed E-state index contributed by atoms with van der Waals surface area (Å²) in [5, 5.41) is 9.13. The van der Waals surface area contributed by atoms with Crippen molar-refractivity contribution in [2.24, 2.45) is 23.2 Å². The topological polar surface area (TPSA) is 83.4 Å². The molecule has 32 heavy (non-hydrogen) atoms. The van der Waals surface area contributed by atoms with Crippen LogP contribution in [0.5, 0.6) is 0 Å². The molecule has 0 unspecified atom stereocenters. The maximum atomic E-state index is 12.8. The van der Waals surface area contributed by atoms with Crippen LogP contribution in [-0.4, -0.2) is 16.9 Å². The van der Waals surface area contributed by atoms with Gasteiger partial charge in [0.1, 0.15) is 0 Å². The molecule has 1 heterocycles. The van der Waals surface area contributed by atoms with Crippen molar-refractivity contribution in [3.63, 3.8) is 0 Å². The van der Waals surface area contributed by atoms with Crippen LogP contribution in [-0.2, 0) is 4.79 Å². The molecule has 4 aliphatic rings. The van der Waals surface area contributed by atoms with Crippen molar-refractivity contribution in [1.82, 2.24) is 5.32 Å². The molecule has 0 aliphatic heterocycles. The number of rotatable bonds is 5. The number of anilines is 2. The van der Waals surface area contributed by atoms with E-state index < -0.39 is 0 Å². The SMILES string of the molecule is Cc1cc(NC(=S)NC(=O)CC23CC4CC(CC(C4)C2)C3)ccc1NC(=O)c1ccco1. The predicted molar refractivity (Wildman–Crippen MR) is 127 cm³/mol. The van der Waals surface area contributed by atoms with E-state index in [2.05, 4.69) is 16.0 Å². The second-order valence-electron chi connectivity index (χ2n) is 10.1. The molecule has 4 aliphatic carbocycles. The fourth-order valence-corrected chi connectivity index (χ4v) is 6.89. The number of benzene rings is 1. The number of aryl methyl sites for hydroxylation is 1. The molecule has 0 radical (unpaired) electrons. The van der Waals surface area contributed by atoms with Gasteiger partial charge in [0.25, 0.3) is 5.91 Å². The summed E-state index contributed by atoms with van der Waals surface area (Å²) in [5.41, 5.74) is 2.52. The summed E-state index contributed by atoms with van der Waals surface area (Å²) in [4.78, 5) is 25.0. The van der Waals surface area contributed by atoms with Crippen LogP contribution in [0.15, 0.2) is 41.0 Å². The zero-order valence-corrected chi connectivity index (χ0v) is 19.1. The van der Waals surface area contributed by atoms with E-state index in [-0.39, 0.29) is 23.0 Å². The van der Waals surface area contributed by atoms with Crippen LogP contribution < -0.4 is 16.0 Å². The first-order chi connectivity index (χ1) is 15.4. The average Bonchev–Trinajstić information content (AvgIpc) is 3.23. The van der Waals surface area contributed by atoms with Crippen molar-refractivity contribution < 1.29 is 14.0 Å². The van der Waals surface area contributed by atoms with Crippen LogP contribution in [0.4, 0.5) is 11.4 Å². The van der Waals surface area contributed by atoms with Gasteiger partial charge in [0, 0.05) is 17.8 Å². The molecule has 7 heteroatoms. The number of carbonyl (C=O) groups excluding carboxylic acids is 2. The number of carbonyl (C=O) groups is 2. The van der Waals surface area contributed by atoms with Gasteiger partial charge in [0.2, 0.25) is 5.91 Å². The van der Waals surface area contributed by atoms with E-state index in [9.17, 15) is 9.59 Å². The minimum Gasteiger partial charge on any atom is -0.459 e. The number of thiocarbonyl (C=S) groups is 1. The molecule has 0 atom stereocenters. The van der Waals surface area contributed by atoms with Gasteiger partial charge < -0.3 is 20.4 Å². The smallest absolute Gasteiger partial charge is 0.291 e. The molecule has 6 rings (SSSR count). The molecule has 3 N–H and O–H groups in total. The largest absolute Gasteiger partial charge is 0.459 e. The quantitative estimate of drug-likeness (QED) is 0.540. The van der Waals surface area contributed by atoms with Crippen LogP contribution >= 0.6 is 12.2 Å². The molecular formula is C25H29N3O3S. The summed E-state index contributed by atoms with van der Waals surface area (Å²) < 4.78 is 5.13. The van der Waals surface area contributed by atoms with Gasteiger partial charge in [-0.15, -0.1) is 0 Å². The highest BCUT2D eigenvalue weighted by Gasteiger charge is 2.51.